The molecule has 0 spiro atoms. The molecule has 0 saturated carbocycles. The molecule has 14 heavy (non-hydrogen) atoms. The number of alkyl halides is 3. The van der Waals surface area contributed by atoms with Gasteiger partial charge in [0.25, 0.3) is 0 Å². The summed E-state index contributed by atoms with van der Waals surface area (Å²) >= 11 is 5.38. The second-order valence-electron chi connectivity index (χ2n) is 2.46. The van der Waals surface area contributed by atoms with Crippen LogP contribution in [-0.2, 0) is 6.18 Å². The zero-order valence-corrected chi connectivity index (χ0v) is 7.19. The van der Waals surface area contributed by atoms with Crippen molar-refractivity contribution >= 4 is 22.8 Å². The van der Waals surface area contributed by atoms with Gasteiger partial charge in [0.15, 0.2) is 5.65 Å². The fourth-order valence-corrected chi connectivity index (χ4v) is 1.05. The molecular weight excluding hydrogens is 221 g/mol. The Balaban J connectivity index is 2.63. The molecule has 0 aliphatic heterocycles. The molecule has 0 atom stereocenters. The number of aromatic nitrogens is 4. The van der Waals surface area contributed by atoms with Crippen LogP contribution in [0, 0.1) is 0 Å². The molecule has 0 aliphatic rings. The second kappa shape index (κ2) is 2.81. The van der Waals surface area contributed by atoms with E-state index in [4.69, 9.17) is 11.6 Å². The van der Waals surface area contributed by atoms with E-state index in [0.29, 0.717) is 0 Å². The topological polar surface area (TPSA) is 54.5 Å². The molecule has 2 heterocycles. The van der Waals surface area contributed by atoms with E-state index in [1.165, 1.54) is 0 Å². The van der Waals surface area contributed by atoms with Gasteiger partial charge in [-0.25, -0.2) is 9.97 Å². The van der Waals surface area contributed by atoms with E-state index in [1.807, 2.05) is 4.98 Å². The van der Waals surface area contributed by atoms with Gasteiger partial charge in [-0.3, -0.25) is 0 Å². The largest absolute Gasteiger partial charge is 0.449 e. The minimum Gasteiger partial charge on any atom is -0.332 e. The maximum Gasteiger partial charge on any atom is 0.449 e. The lowest BCUT2D eigenvalue weighted by molar-refractivity contribution is -0.144. The average molecular weight is 223 g/mol. The Morgan fingerprint density at radius 3 is 2.64 bits per heavy atom. The van der Waals surface area contributed by atoms with Crippen molar-refractivity contribution in [1.29, 1.82) is 0 Å². The molecule has 0 aliphatic carbocycles. The summed E-state index contributed by atoms with van der Waals surface area (Å²) in [6, 6.07) is 0. The number of fused-ring (bicyclic) bond motifs is 1. The number of halogens is 4. The zero-order valence-electron chi connectivity index (χ0n) is 6.43. The molecule has 0 fully saturated rings. The Hall–Kier alpha value is -1.37. The van der Waals surface area contributed by atoms with Crippen LogP contribution in [0.1, 0.15) is 5.82 Å². The summed E-state index contributed by atoms with van der Waals surface area (Å²) in [4.78, 5) is 12.3. The third-order valence-electron chi connectivity index (χ3n) is 1.48. The first-order valence-electron chi connectivity index (χ1n) is 3.42. The molecule has 0 saturated heterocycles. The van der Waals surface area contributed by atoms with E-state index < -0.39 is 12.0 Å². The summed E-state index contributed by atoms with van der Waals surface area (Å²) in [5.41, 5.74) is -0.000880. The van der Waals surface area contributed by atoms with Crippen LogP contribution in [0.5, 0.6) is 0 Å². The number of hydrogen-bond acceptors (Lipinski definition) is 3. The summed E-state index contributed by atoms with van der Waals surface area (Å²) < 4.78 is 36.5. The van der Waals surface area contributed by atoms with Gasteiger partial charge in [0.2, 0.25) is 11.1 Å². The van der Waals surface area contributed by atoms with Gasteiger partial charge in [0.05, 0.1) is 6.20 Å². The molecule has 74 valence electrons. The van der Waals surface area contributed by atoms with Crippen molar-refractivity contribution in [2.45, 2.75) is 6.18 Å². The molecule has 0 bridgehead atoms. The zero-order chi connectivity index (χ0) is 10.3. The van der Waals surface area contributed by atoms with Crippen molar-refractivity contribution in [2.75, 3.05) is 0 Å². The first kappa shape index (κ1) is 9.20. The third-order valence-corrected chi connectivity index (χ3v) is 1.66. The standard InChI is InChI=1S/C6H2ClF3N4/c7-5-11-1-2-3(14-5)13-4(12-2)6(8,9)10/h1H,(H,11,12,13,14). The van der Waals surface area contributed by atoms with Crippen molar-refractivity contribution in [3.8, 4) is 0 Å². The lowest BCUT2D eigenvalue weighted by Crippen LogP contribution is -2.06. The Morgan fingerprint density at radius 1 is 1.29 bits per heavy atom. The van der Waals surface area contributed by atoms with Gasteiger partial charge in [0.1, 0.15) is 5.52 Å². The lowest BCUT2D eigenvalue weighted by atomic mass is 10.6. The Bertz CT molecular complexity index is 477. The van der Waals surface area contributed by atoms with Gasteiger partial charge in [-0.2, -0.15) is 18.2 Å². The van der Waals surface area contributed by atoms with Crippen LogP contribution >= 0.6 is 11.6 Å². The van der Waals surface area contributed by atoms with Crippen LogP contribution in [0.3, 0.4) is 0 Å². The van der Waals surface area contributed by atoms with Crippen molar-refractivity contribution in [3.05, 3.63) is 17.3 Å². The molecule has 1 N–H and O–H groups in total. The summed E-state index contributed by atoms with van der Waals surface area (Å²) in [5, 5.41) is -0.141. The molecule has 0 amide bonds. The van der Waals surface area contributed by atoms with Crippen LogP contribution in [0.2, 0.25) is 5.28 Å². The minimum absolute atomic E-state index is 0.0988. The van der Waals surface area contributed by atoms with E-state index in [2.05, 4.69) is 15.0 Å². The van der Waals surface area contributed by atoms with Crippen molar-refractivity contribution in [2.24, 2.45) is 0 Å². The van der Waals surface area contributed by atoms with Gasteiger partial charge < -0.3 is 4.98 Å². The number of H-pyrrole nitrogens is 1. The van der Waals surface area contributed by atoms with E-state index in [-0.39, 0.29) is 16.4 Å². The highest BCUT2D eigenvalue weighted by atomic mass is 35.5. The maximum absolute atomic E-state index is 12.2. The molecule has 0 unspecified atom stereocenters. The number of rotatable bonds is 0. The van der Waals surface area contributed by atoms with Crippen LogP contribution in [-0.4, -0.2) is 19.9 Å². The average Bonchev–Trinajstić information content (AvgIpc) is 2.45. The minimum atomic E-state index is -4.52. The number of imidazole rings is 1. The predicted molar refractivity (Wildman–Crippen MR) is 41.7 cm³/mol. The van der Waals surface area contributed by atoms with Gasteiger partial charge in [-0.1, -0.05) is 0 Å². The van der Waals surface area contributed by atoms with Crippen LogP contribution in [0.4, 0.5) is 13.2 Å². The molecule has 0 radical (unpaired) electrons. The highest BCUT2D eigenvalue weighted by Gasteiger charge is 2.35. The SMILES string of the molecule is FC(F)(F)c1nc2nc(Cl)ncc2[nH]1. The Labute approximate surface area is 80.1 Å². The van der Waals surface area contributed by atoms with Gasteiger partial charge in [0, 0.05) is 0 Å². The fraction of sp³-hybridized carbons (Fsp3) is 0.167. The fourth-order valence-electron chi connectivity index (χ4n) is 0.921. The Kier molecular flexibility index (Phi) is 1.84. The highest BCUT2D eigenvalue weighted by Crippen LogP contribution is 2.27. The summed E-state index contributed by atoms with van der Waals surface area (Å²) in [6.45, 7) is 0. The monoisotopic (exact) mass is 222 g/mol. The normalized spacial score (nSPS) is 12.3. The maximum atomic E-state index is 12.2. The van der Waals surface area contributed by atoms with Gasteiger partial charge in [-0.15, -0.1) is 0 Å². The number of aromatic amines is 1. The summed E-state index contributed by atoms with van der Waals surface area (Å²) in [6.07, 6.45) is -3.37. The molecule has 4 nitrogen and oxygen atoms in total. The molecule has 2 aromatic rings. The first-order chi connectivity index (χ1) is 6.47. The second-order valence-corrected chi connectivity index (χ2v) is 2.80. The molecular formula is C6H2ClF3N4. The summed E-state index contributed by atoms with van der Waals surface area (Å²) in [7, 11) is 0. The first-order valence-corrected chi connectivity index (χ1v) is 3.80. The van der Waals surface area contributed by atoms with E-state index in [1.54, 1.807) is 0 Å². The summed E-state index contributed by atoms with van der Waals surface area (Å²) in [5.74, 6) is -1.11. The number of nitrogens with one attached hydrogen (secondary N) is 1. The smallest absolute Gasteiger partial charge is 0.332 e. The predicted octanol–water partition coefficient (Wildman–Crippen LogP) is 2.03. The molecule has 2 aromatic heterocycles. The van der Waals surface area contributed by atoms with Gasteiger partial charge in [-0.05, 0) is 11.6 Å². The van der Waals surface area contributed by atoms with Crippen molar-refractivity contribution in [1.82, 2.24) is 19.9 Å². The molecule has 0 aromatic carbocycles. The third kappa shape index (κ3) is 1.50. The van der Waals surface area contributed by atoms with Gasteiger partial charge >= 0.3 is 6.18 Å². The lowest BCUT2D eigenvalue weighted by Gasteiger charge is -1.98. The number of nitrogens with zero attached hydrogens (tertiary/aromatic N) is 3. The highest BCUT2D eigenvalue weighted by molar-refractivity contribution is 6.28. The van der Waals surface area contributed by atoms with Crippen LogP contribution in [0.15, 0.2) is 6.20 Å². The molecule has 8 heteroatoms. The van der Waals surface area contributed by atoms with Crippen molar-refractivity contribution < 1.29 is 13.2 Å². The van der Waals surface area contributed by atoms with E-state index >= 15 is 0 Å². The quantitative estimate of drug-likeness (QED) is 0.694. The van der Waals surface area contributed by atoms with E-state index in [0.717, 1.165) is 6.20 Å². The van der Waals surface area contributed by atoms with E-state index in [9.17, 15) is 13.2 Å². The van der Waals surface area contributed by atoms with Crippen LogP contribution in [0.25, 0.3) is 11.2 Å². The van der Waals surface area contributed by atoms with Crippen LogP contribution < -0.4 is 0 Å². The Morgan fingerprint density at radius 2 is 2.00 bits per heavy atom. The number of hydrogen-bond donors (Lipinski definition) is 1. The van der Waals surface area contributed by atoms with Crippen molar-refractivity contribution in [3.63, 3.8) is 0 Å². The molecule has 2 rings (SSSR count).